The van der Waals surface area contributed by atoms with Crippen LogP contribution in [0, 0.1) is 13.8 Å². The maximum atomic E-state index is 12.7. The van der Waals surface area contributed by atoms with E-state index in [9.17, 15) is 9.59 Å². The maximum absolute atomic E-state index is 12.7. The van der Waals surface area contributed by atoms with Gasteiger partial charge >= 0.3 is 0 Å². The maximum Gasteiger partial charge on any atom is 0.263 e. The lowest BCUT2D eigenvalue weighted by Gasteiger charge is -2.36. The first-order valence-electron chi connectivity index (χ1n) is 10.1. The molecule has 0 spiro atoms. The number of aryl methyl sites for hydroxylation is 2. The quantitative estimate of drug-likeness (QED) is 0.817. The molecule has 0 aromatic heterocycles. The number of hydrogen-bond donors (Lipinski definition) is 1. The van der Waals surface area contributed by atoms with Gasteiger partial charge in [0.25, 0.3) is 5.91 Å². The fourth-order valence-electron chi connectivity index (χ4n) is 3.70. The van der Waals surface area contributed by atoms with E-state index in [0.29, 0.717) is 45.8 Å². The van der Waals surface area contributed by atoms with E-state index in [0.717, 1.165) is 17.9 Å². The molecule has 28 heavy (non-hydrogen) atoms. The SMILES string of the molecule is Cc1ccc(OC(C)C(=O)N2CCN(C(=O)CC3COCCN3)CC2)c(C)c1. The third-order valence-electron chi connectivity index (χ3n) is 5.35. The number of carbonyl (C=O) groups is 2. The highest BCUT2D eigenvalue weighted by molar-refractivity contribution is 5.82. The standard InChI is InChI=1S/C21H31N3O4/c1-15-4-5-19(16(2)12-15)28-17(3)21(26)24-9-7-23(8-10-24)20(25)13-18-14-27-11-6-22-18/h4-5,12,17-18,22H,6-11,13-14H2,1-3H3. The number of nitrogens with zero attached hydrogens (tertiary/aromatic N) is 2. The van der Waals surface area contributed by atoms with E-state index in [-0.39, 0.29) is 17.9 Å². The molecule has 7 heteroatoms. The minimum atomic E-state index is -0.549. The average molecular weight is 389 g/mol. The second kappa shape index (κ2) is 9.39. The Morgan fingerprint density at radius 1 is 1.21 bits per heavy atom. The monoisotopic (exact) mass is 389 g/mol. The number of carbonyl (C=O) groups excluding carboxylic acids is 2. The van der Waals surface area contributed by atoms with Gasteiger partial charge in [-0.25, -0.2) is 0 Å². The number of ether oxygens (including phenoxy) is 2. The van der Waals surface area contributed by atoms with Gasteiger partial charge in [0.15, 0.2) is 6.10 Å². The van der Waals surface area contributed by atoms with Gasteiger partial charge < -0.3 is 24.6 Å². The Kier molecular flexibility index (Phi) is 6.91. The van der Waals surface area contributed by atoms with Crippen LogP contribution in [0.1, 0.15) is 24.5 Å². The van der Waals surface area contributed by atoms with E-state index >= 15 is 0 Å². The molecule has 0 aliphatic carbocycles. The predicted molar refractivity (Wildman–Crippen MR) is 106 cm³/mol. The molecule has 2 fully saturated rings. The lowest BCUT2D eigenvalue weighted by molar-refractivity contribution is -0.144. The first-order chi connectivity index (χ1) is 13.4. The summed E-state index contributed by atoms with van der Waals surface area (Å²) in [6.45, 7) is 10.1. The molecule has 2 saturated heterocycles. The van der Waals surface area contributed by atoms with Crippen molar-refractivity contribution in [3.05, 3.63) is 29.3 Å². The van der Waals surface area contributed by atoms with E-state index in [1.165, 1.54) is 5.56 Å². The van der Waals surface area contributed by atoms with Crippen LogP contribution in [-0.4, -0.2) is 79.7 Å². The summed E-state index contributed by atoms with van der Waals surface area (Å²) >= 11 is 0. The van der Waals surface area contributed by atoms with Crippen LogP contribution < -0.4 is 10.1 Å². The number of piperazine rings is 1. The highest BCUT2D eigenvalue weighted by atomic mass is 16.5. The van der Waals surface area contributed by atoms with Gasteiger partial charge in [-0.15, -0.1) is 0 Å². The van der Waals surface area contributed by atoms with Gasteiger partial charge in [0, 0.05) is 45.2 Å². The molecule has 2 aliphatic heterocycles. The molecule has 1 aromatic rings. The van der Waals surface area contributed by atoms with Gasteiger partial charge in [0.05, 0.1) is 13.2 Å². The Morgan fingerprint density at radius 3 is 2.57 bits per heavy atom. The summed E-state index contributed by atoms with van der Waals surface area (Å²) in [6.07, 6.45) is -0.104. The van der Waals surface area contributed by atoms with Gasteiger partial charge in [-0.05, 0) is 32.4 Å². The third kappa shape index (κ3) is 5.23. The highest BCUT2D eigenvalue weighted by Gasteiger charge is 2.29. The average Bonchev–Trinajstić information content (AvgIpc) is 2.70. The van der Waals surface area contributed by atoms with Crippen LogP contribution in [0.5, 0.6) is 5.75 Å². The molecule has 2 heterocycles. The molecule has 7 nitrogen and oxygen atoms in total. The van der Waals surface area contributed by atoms with Crippen molar-refractivity contribution < 1.29 is 19.1 Å². The van der Waals surface area contributed by atoms with E-state index in [1.54, 1.807) is 11.8 Å². The molecular weight excluding hydrogens is 358 g/mol. The summed E-state index contributed by atoms with van der Waals surface area (Å²) in [5, 5.41) is 3.31. The molecule has 2 unspecified atom stereocenters. The van der Waals surface area contributed by atoms with E-state index < -0.39 is 6.10 Å². The summed E-state index contributed by atoms with van der Waals surface area (Å²) in [7, 11) is 0. The Morgan fingerprint density at radius 2 is 1.93 bits per heavy atom. The summed E-state index contributed by atoms with van der Waals surface area (Å²) in [5.74, 6) is 0.826. The summed E-state index contributed by atoms with van der Waals surface area (Å²) in [5.41, 5.74) is 2.19. The van der Waals surface area contributed by atoms with Crippen LogP contribution >= 0.6 is 0 Å². The van der Waals surface area contributed by atoms with Crippen LogP contribution in [-0.2, 0) is 14.3 Å². The number of nitrogens with one attached hydrogen (secondary N) is 1. The number of amides is 2. The van der Waals surface area contributed by atoms with E-state index in [1.807, 2.05) is 36.9 Å². The molecule has 2 atom stereocenters. The van der Waals surface area contributed by atoms with Gasteiger partial charge in [-0.3, -0.25) is 9.59 Å². The molecule has 0 saturated carbocycles. The molecular formula is C21H31N3O4. The second-order valence-electron chi connectivity index (χ2n) is 7.67. The van der Waals surface area contributed by atoms with Crippen LogP contribution in [0.3, 0.4) is 0 Å². The van der Waals surface area contributed by atoms with E-state index in [4.69, 9.17) is 9.47 Å². The Hall–Kier alpha value is -2.12. The molecule has 2 amide bonds. The molecule has 154 valence electrons. The fourth-order valence-corrected chi connectivity index (χ4v) is 3.70. The molecule has 3 rings (SSSR count). The van der Waals surface area contributed by atoms with Gasteiger partial charge in [-0.1, -0.05) is 17.7 Å². The Balaban J connectivity index is 1.46. The van der Waals surface area contributed by atoms with Gasteiger partial charge in [0.2, 0.25) is 5.91 Å². The summed E-state index contributed by atoms with van der Waals surface area (Å²) in [4.78, 5) is 28.9. The van der Waals surface area contributed by atoms with Crippen molar-refractivity contribution >= 4 is 11.8 Å². The van der Waals surface area contributed by atoms with Crippen LogP contribution in [0.15, 0.2) is 18.2 Å². The first-order valence-corrected chi connectivity index (χ1v) is 10.1. The zero-order valence-electron chi connectivity index (χ0n) is 17.1. The lowest BCUT2D eigenvalue weighted by atomic mass is 10.1. The Labute approximate surface area is 167 Å². The van der Waals surface area contributed by atoms with Crippen LogP contribution in [0.4, 0.5) is 0 Å². The smallest absolute Gasteiger partial charge is 0.263 e. The Bertz CT molecular complexity index is 695. The number of rotatable bonds is 5. The van der Waals surface area contributed by atoms with Crippen molar-refractivity contribution in [2.24, 2.45) is 0 Å². The summed E-state index contributed by atoms with van der Waals surface area (Å²) in [6, 6.07) is 6.03. The van der Waals surface area contributed by atoms with Crippen molar-refractivity contribution in [2.75, 3.05) is 45.9 Å². The van der Waals surface area contributed by atoms with Crippen LogP contribution in [0.25, 0.3) is 0 Å². The first kappa shape index (κ1) is 20.6. The second-order valence-corrected chi connectivity index (χ2v) is 7.67. The van der Waals surface area contributed by atoms with Crippen molar-refractivity contribution in [1.29, 1.82) is 0 Å². The zero-order valence-corrected chi connectivity index (χ0v) is 17.1. The number of morpholine rings is 1. The molecule has 1 N–H and O–H groups in total. The molecule has 0 bridgehead atoms. The molecule has 2 aliphatic rings. The summed E-state index contributed by atoms with van der Waals surface area (Å²) < 4.78 is 11.3. The molecule has 0 radical (unpaired) electrons. The largest absolute Gasteiger partial charge is 0.481 e. The van der Waals surface area contributed by atoms with Crippen molar-refractivity contribution in [1.82, 2.24) is 15.1 Å². The van der Waals surface area contributed by atoms with Gasteiger partial charge in [0.1, 0.15) is 5.75 Å². The third-order valence-corrected chi connectivity index (χ3v) is 5.35. The molecule has 1 aromatic carbocycles. The normalized spacial score (nSPS) is 21.3. The minimum absolute atomic E-state index is 0.0329. The van der Waals surface area contributed by atoms with Gasteiger partial charge in [-0.2, -0.15) is 0 Å². The number of hydrogen-bond acceptors (Lipinski definition) is 5. The van der Waals surface area contributed by atoms with Crippen LogP contribution in [0.2, 0.25) is 0 Å². The lowest BCUT2D eigenvalue weighted by Crippen LogP contribution is -2.54. The van der Waals surface area contributed by atoms with Crippen molar-refractivity contribution in [3.63, 3.8) is 0 Å². The highest BCUT2D eigenvalue weighted by Crippen LogP contribution is 2.21. The van der Waals surface area contributed by atoms with E-state index in [2.05, 4.69) is 5.32 Å². The topological polar surface area (TPSA) is 71.1 Å². The fraction of sp³-hybridized carbons (Fsp3) is 0.619. The van der Waals surface area contributed by atoms with Crippen molar-refractivity contribution in [2.45, 2.75) is 39.3 Å². The minimum Gasteiger partial charge on any atom is -0.481 e. The number of benzene rings is 1. The predicted octanol–water partition coefficient (Wildman–Crippen LogP) is 1.12. The zero-order chi connectivity index (χ0) is 20.1. The van der Waals surface area contributed by atoms with Crippen molar-refractivity contribution in [3.8, 4) is 5.75 Å².